The molecule has 0 spiro atoms. The van der Waals surface area contributed by atoms with E-state index in [1.165, 1.54) is 6.92 Å². The van der Waals surface area contributed by atoms with Crippen LogP contribution in [0.3, 0.4) is 0 Å². The van der Waals surface area contributed by atoms with Gasteiger partial charge in [-0.25, -0.2) is 4.79 Å². The van der Waals surface area contributed by atoms with Gasteiger partial charge in [0.1, 0.15) is 18.3 Å². The van der Waals surface area contributed by atoms with Crippen LogP contribution < -0.4 is 5.32 Å². The van der Waals surface area contributed by atoms with Crippen LogP contribution in [0.25, 0.3) is 0 Å². The number of alkyl carbamates (subject to hydrolysis) is 1. The summed E-state index contributed by atoms with van der Waals surface area (Å²) in [5.74, 6) is -0.328. The summed E-state index contributed by atoms with van der Waals surface area (Å²) >= 11 is 0. The number of carbonyl (C=O) groups is 2. The minimum atomic E-state index is -0.620. The fourth-order valence-electron chi connectivity index (χ4n) is 5.20. The summed E-state index contributed by atoms with van der Waals surface area (Å²) in [6.07, 6.45) is 0.890. The zero-order chi connectivity index (χ0) is 27.9. The molecule has 0 saturated carbocycles. The first-order valence-corrected chi connectivity index (χ1v) is 13.5. The van der Waals surface area contributed by atoms with Crippen molar-refractivity contribution in [3.63, 3.8) is 0 Å². The number of hydrogen-bond acceptors (Lipinski definition) is 5. The van der Waals surface area contributed by atoms with Gasteiger partial charge in [0, 0.05) is 12.3 Å². The molecule has 39 heavy (non-hydrogen) atoms. The summed E-state index contributed by atoms with van der Waals surface area (Å²) in [6.45, 7) is 7.18. The van der Waals surface area contributed by atoms with Gasteiger partial charge in [0.25, 0.3) is 0 Å². The van der Waals surface area contributed by atoms with Crippen LogP contribution in [-0.4, -0.2) is 42.5 Å². The first-order chi connectivity index (χ1) is 18.6. The maximum atomic E-state index is 12.9. The van der Waals surface area contributed by atoms with E-state index in [1.807, 2.05) is 87.5 Å². The second kappa shape index (κ2) is 12.5. The Morgan fingerprint density at radius 2 is 1.31 bits per heavy atom. The largest absolute Gasteiger partial charge is 0.465 e. The summed E-state index contributed by atoms with van der Waals surface area (Å²) < 4.78 is 17.8. The van der Waals surface area contributed by atoms with Crippen molar-refractivity contribution in [1.29, 1.82) is 0 Å². The zero-order valence-corrected chi connectivity index (χ0v) is 23.3. The highest BCUT2D eigenvalue weighted by molar-refractivity contribution is 5.68. The molecule has 0 bridgehead atoms. The van der Waals surface area contributed by atoms with Crippen molar-refractivity contribution in [3.05, 3.63) is 108 Å². The number of rotatable bonds is 11. The minimum Gasteiger partial charge on any atom is -0.465 e. The Labute approximate surface area is 231 Å². The predicted molar refractivity (Wildman–Crippen MR) is 151 cm³/mol. The highest BCUT2D eigenvalue weighted by atomic mass is 16.6. The average Bonchev–Trinajstić information content (AvgIpc) is 3.69. The van der Waals surface area contributed by atoms with E-state index in [9.17, 15) is 9.59 Å². The van der Waals surface area contributed by atoms with Crippen molar-refractivity contribution in [2.75, 3.05) is 6.61 Å². The van der Waals surface area contributed by atoms with Gasteiger partial charge >= 0.3 is 12.1 Å². The van der Waals surface area contributed by atoms with Gasteiger partial charge in [-0.05, 0) is 56.7 Å². The van der Waals surface area contributed by atoms with E-state index in [-0.39, 0.29) is 30.8 Å². The smallest absolute Gasteiger partial charge is 0.407 e. The van der Waals surface area contributed by atoms with Crippen molar-refractivity contribution in [1.82, 2.24) is 5.32 Å². The zero-order valence-electron chi connectivity index (χ0n) is 23.3. The number of carbonyl (C=O) groups excluding carboxylic acids is 2. The van der Waals surface area contributed by atoms with Crippen LogP contribution in [0.4, 0.5) is 4.79 Å². The summed E-state index contributed by atoms with van der Waals surface area (Å²) in [6, 6.07) is 30.1. The molecule has 1 aliphatic rings. The molecule has 1 aliphatic heterocycles. The third kappa shape index (κ3) is 8.42. The van der Waals surface area contributed by atoms with Gasteiger partial charge in [-0.3, -0.25) is 4.79 Å². The van der Waals surface area contributed by atoms with E-state index < -0.39 is 17.1 Å². The van der Waals surface area contributed by atoms with Crippen molar-refractivity contribution in [2.24, 2.45) is 5.41 Å². The number of esters is 1. The first-order valence-electron chi connectivity index (χ1n) is 13.5. The second-order valence-electron chi connectivity index (χ2n) is 11.4. The summed E-state index contributed by atoms with van der Waals surface area (Å²) in [7, 11) is 0. The fourth-order valence-corrected chi connectivity index (χ4v) is 5.20. The fraction of sp³-hybridized carbons (Fsp3) is 0.394. The van der Waals surface area contributed by atoms with E-state index in [2.05, 4.69) is 29.6 Å². The third-order valence-electron chi connectivity index (χ3n) is 6.89. The molecule has 0 aliphatic carbocycles. The molecule has 1 N–H and O–H groups in total. The molecule has 0 aromatic heterocycles. The van der Waals surface area contributed by atoms with Crippen LogP contribution in [-0.2, 0) is 38.3 Å². The van der Waals surface area contributed by atoms with Crippen LogP contribution >= 0.6 is 0 Å². The number of hydrogen-bond donors (Lipinski definition) is 1. The van der Waals surface area contributed by atoms with Gasteiger partial charge < -0.3 is 19.5 Å². The highest BCUT2D eigenvalue weighted by Gasteiger charge is 2.58. The SMILES string of the molecule is CC(=O)OCC(Cc1ccccc1)(Cc1ccccc1)[C@H]1O[C@@H]1[C@H](Cc1ccccc1)NC(=O)OC(C)(C)C. The van der Waals surface area contributed by atoms with Crippen LogP contribution in [0.2, 0.25) is 0 Å². The van der Waals surface area contributed by atoms with Crippen molar-refractivity contribution in [3.8, 4) is 0 Å². The lowest BCUT2D eigenvalue weighted by molar-refractivity contribution is -0.145. The predicted octanol–water partition coefficient (Wildman–Crippen LogP) is 5.92. The molecule has 4 rings (SSSR count). The topological polar surface area (TPSA) is 77.2 Å². The normalized spacial score (nSPS) is 17.6. The molecule has 1 saturated heterocycles. The summed E-state index contributed by atoms with van der Waals surface area (Å²) in [5, 5.41) is 3.08. The molecule has 6 nitrogen and oxygen atoms in total. The van der Waals surface area contributed by atoms with E-state index >= 15 is 0 Å². The maximum Gasteiger partial charge on any atom is 0.407 e. The number of epoxide rings is 1. The van der Waals surface area contributed by atoms with Gasteiger partial charge in [0.2, 0.25) is 0 Å². The number of nitrogens with one attached hydrogen (secondary N) is 1. The highest BCUT2D eigenvalue weighted by Crippen LogP contribution is 2.46. The van der Waals surface area contributed by atoms with Gasteiger partial charge in [-0.1, -0.05) is 91.0 Å². The summed E-state index contributed by atoms with van der Waals surface area (Å²) in [4.78, 5) is 24.9. The molecule has 1 fully saturated rings. The molecular formula is C33H39NO5. The minimum absolute atomic E-state index is 0.206. The Bertz CT molecular complexity index is 1170. The van der Waals surface area contributed by atoms with E-state index in [0.29, 0.717) is 19.3 Å². The van der Waals surface area contributed by atoms with E-state index in [0.717, 1.165) is 16.7 Å². The van der Waals surface area contributed by atoms with Crippen molar-refractivity contribution < 1.29 is 23.8 Å². The molecule has 0 radical (unpaired) electrons. The quantitative estimate of drug-likeness (QED) is 0.246. The third-order valence-corrected chi connectivity index (χ3v) is 6.89. The van der Waals surface area contributed by atoms with Gasteiger partial charge in [-0.2, -0.15) is 0 Å². The Balaban J connectivity index is 1.66. The van der Waals surface area contributed by atoms with Crippen LogP contribution in [0.1, 0.15) is 44.4 Å². The van der Waals surface area contributed by atoms with Gasteiger partial charge in [0.15, 0.2) is 0 Å². The Morgan fingerprint density at radius 3 is 1.77 bits per heavy atom. The molecule has 0 unspecified atom stereocenters. The molecule has 3 aromatic rings. The molecule has 1 heterocycles. The van der Waals surface area contributed by atoms with E-state index in [1.54, 1.807) is 0 Å². The van der Waals surface area contributed by atoms with Crippen molar-refractivity contribution in [2.45, 2.75) is 70.8 Å². The van der Waals surface area contributed by atoms with Crippen LogP contribution in [0.15, 0.2) is 91.0 Å². The lowest BCUT2D eigenvalue weighted by Gasteiger charge is -2.33. The summed E-state index contributed by atoms with van der Waals surface area (Å²) in [5.41, 5.74) is 2.20. The van der Waals surface area contributed by atoms with Crippen LogP contribution in [0, 0.1) is 5.41 Å². The first kappa shape index (κ1) is 28.4. The Kier molecular flexibility index (Phi) is 9.08. The molecular weight excluding hydrogens is 490 g/mol. The second-order valence-corrected chi connectivity index (χ2v) is 11.4. The van der Waals surface area contributed by atoms with Gasteiger partial charge in [-0.15, -0.1) is 0 Å². The Morgan fingerprint density at radius 1 is 0.821 bits per heavy atom. The van der Waals surface area contributed by atoms with E-state index in [4.69, 9.17) is 14.2 Å². The standard InChI is InChI=1S/C33H39NO5/c1-24(35)37-23-33(21-26-16-10-6-11-17-26,22-27-18-12-7-13-19-27)30-29(38-30)28(20-25-14-8-5-9-15-25)34-31(36)39-32(2,3)4/h5-19,28-30H,20-23H2,1-4H3,(H,34,36)/t28-,29+,30-/m0/s1. The number of amides is 1. The number of ether oxygens (including phenoxy) is 3. The lowest BCUT2D eigenvalue weighted by atomic mass is 9.72. The molecule has 3 aromatic carbocycles. The number of benzene rings is 3. The van der Waals surface area contributed by atoms with Crippen LogP contribution in [0.5, 0.6) is 0 Å². The maximum absolute atomic E-state index is 12.9. The van der Waals surface area contributed by atoms with Crippen molar-refractivity contribution >= 4 is 12.1 Å². The molecule has 206 valence electrons. The molecule has 3 atom stereocenters. The molecule has 6 heteroatoms. The average molecular weight is 530 g/mol. The lowest BCUT2D eigenvalue weighted by Crippen LogP contribution is -2.47. The Hall–Kier alpha value is -3.64. The monoisotopic (exact) mass is 529 g/mol. The molecule has 1 amide bonds. The van der Waals surface area contributed by atoms with Gasteiger partial charge in [0.05, 0.1) is 12.1 Å².